The number of benzene rings is 2. The van der Waals surface area contributed by atoms with Crippen molar-refractivity contribution in [2.45, 2.75) is 64.5 Å². The Labute approximate surface area is 249 Å². The zero-order valence-electron chi connectivity index (χ0n) is 24.7. The van der Waals surface area contributed by atoms with Crippen molar-refractivity contribution in [3.05, 3.63) is 82.6 Å². The first-order valence-electron chi connectivity index (χ1n) is 14.8. The van der Waals surface area contributed by atoms with Gasteiger partial charge in [0.1, 0.15) is 6.04 Å². The van der Waals surface area contributed by atoms with Crippen molar-refractivity contribution in [2.24, 2.45) is 5.92 Å². The van der Waals surface area contributed by atoms with Crippen LogP contribution in [0.2, 0.25) is 0 Å². The molecule has 2 aromatic carbocycles. The highest BCUT2D eigenvalue weighted by atomic mass is 19.4. The summed E-state index contributed by atoms with van der Waals surface area (Å²) in [5.41, 5.74) is 1.57. The van der Waals surface area contributed by atoms with E-state index >= 15 is 0 Å². The minimum absolute atomic E-state index is 0.0173. The molecule has 0 bridgehead atoms. The molecule has 2 atom stereocenters. The summed E-state index contributed by atoms with van der Waals surface area (Å²) in [5.74, 6) is -0.852. The lowest BCUT2D eigenvalue weighted by atomic mass is 9.94. The summed E-state index contributed by atoms with van der Waals surface area (Å²) in [4.78, 5) is 46.1. The number of likely N-dealkylation sites (tertiary alicyclic amines) is 1. The number of urea groups is 1. The average Bonchev–Trinajstić information content (AvgIpc) is 3.29. The molecule has 0 spiro atoms. The third-order valence-corrected chi connectivity index (χ3v) is 8.56. The van der Waals surface area contributed by atoms with Crippen molar-refractivity contribution in [2.75, 3.05) is 26.2 Å². The summed E-state index contributed by atoms with van der Waals surface area (Å²) in [6, 6.07) is 12.6. The van der Waals surface area contributed by atoms with E-state index in [2.05, 4.69) is 27.7 Å². The number of amides is 4. The third-order valence-electron chi connectivity index (χ3n) is 8.56. The van der Waals surface area contributed by atoms with Crippen LogP contribution >= 0.6 is 0 Å². The lowest BCUT2D eigenvalue weighted by molar-refractivity contribution is -0.138. The molecule has 0 aliphatic carbocycles. The number of piperidine rings is 1. The SMILES string of the molecule is CCN1C(=O)N[C@H](c2ccc(C(F)(F)F)cc2)C2=C1CN([C@H](C(=O)NC1CCN(Cc3ccccc3)CC1)C(C)C)C2=O. The number of halogens is 3. The van der Waals surface area contributed by atoms with E-state index < -0.39 is 35.8 Å². The molecule has 1 fully saturated rings. The molecule has 4 amide bonds. The highest BCUT2D eigenvalue weighted by Crippen LogP contribution is 2.39. The standard InChI is InChI=1S/C32H38F3N5O3/c1-4-39-25-19-40(30(42)26(25)27(37-31(39)43)22-10-12-23(13-11-22)32(33,34)35)28(20(2)3)29(41)36-24-14-16-38(17-15-24)18-21-8-6-5-7-9-21/h5-13,20,24,27-28H,4,14-19H2,1-3H3,(H,36,41)(H,37,43)/t27-,28+/m1/s1. The Kier molecular flexibility index (Phi) is 8.82. The predicted octanol–water partition coefficient (Wildman–Crippen LogP) is 4.69. The van der Waals surface area contributed by atoms with Gasteiger partial charge in [0, 0.05) is 32.2 Å². The fourth-order valence-corrected chi connectivity index (χ4v) is 6.35. The number of nitrogens with one attached hydrogen (secondary N) is 2. The molecule has 3 heterocycles. The molecule has 0 radical (unpaired) electrons. The van der Waals surface area contributed by atoms with Gasteiger partial charge in [0.2, 0.25) is 5.91 Å². The van der Waals surface area contributed by atoms with Gasteiger partial charge in [-0.3, -0.25) is 19.4 Å². The molecule has 11 heteroatoms. The van der Waals surface area contributed by atoms with Crippen LogP contribution in [0, 0.1) is 5.92 Å². The van der Waals surface area contributed by atoms with E-state index in [-0.39, 0.29) is 30.0 Å². The maximum atomic E-state index is 14.0. The van der Waals surface area contributed by atoms with Gasteiger partial charge in [-0.15, -0.1) is 0 Å². The fourth-order valence-electron chi connectivity index (χ4n) is 6.35. The molecule has 43 heavy (non-hydrogen) atoms. The van der Waals surface area contributed by atoms with E-state index in [4.69, 9.17) is 0 Å². The second-order valence-electron chi connectivity index (χ2n) is 11.8. The average molecular weight is 598 g/mol. The number of carbonyl (C=O) groups excluding carboxylic acids is 3. The van der Waals surface area contributed by atoms with Crippen LogP contribution in [0.4, 0.5) is 18.0 Å². The number of likely N-dealkylation sites (N-methyl/N-ethyl adjacent to an activating group) is 1. The summed E-state index contributed by atoms with van der Waals surface area (Å²) in [7, 11) is 0. The summed E-state index contributed by atoms with van der Waals surface area (Å²) < 4.78 is 39.5. The van der Waals surface area contributed by atoms with Crippen molar-refractivity contribution >= 4 is 17.8 Å². The number of hydrogen-bond acceptors (Lipinski definition) is 4. The van der Waals surface area contributed by atoms with E-state index in [9.17, 15) is 27.6 Å². The number of nitrogens with zero attached hydrogens (tertiary/aromatic N) is 3. The molecular weight excluding hydrogens is 559 g/mol. The highest BCUT2D eigenvalue weighted by molar-refractivity contribution is 6.03. The third kappa shape index (κ3) is 6.41. The number of hydrogen-bond donors (Lipinski definition) is 2. The van der Waals surface area contributed by atoms with Gasteiger partial charge in [-0.2, -0.15) is 13.2 Å². The van der Waals surface area contributed by atoms with Crippen molar-refractivity contribution in [3.63, 3.8) is 0 Å². The van der Waals surface area contributed by atoms with Crippen LogP contribution in [0.5, 0.6) is 0 Å². The quantitative estimate of drug-likeness (QED) is 0.463. The fraction of sp³-hybridized carbons (Fsp3) is 0.469. The van der Waals surface area contributed by atoms with Crippen molar-refractivity contribution in [1.82, 2.24) is 25.3 Å². The van der Waals surface area contributed by atoms with E-state index in [1.54, 1.807) is 6.92 Å². The summed E-state index contributed by atoms with van der Waals surface area (Å²) in [6.07, 6.45) is -2.91. The van der Waals surface area contributed by atoms with Crippen LogP contribution in [0.15, 0.2) is 65.9 Å². The molecule has 0 aromatic heterocycles. The van der Waals surface area contributed by atoms with Gasteiger partial charge >= 0.3 is 12.2 Å². The van der Waals surface area contributed by atoms with Gasteiger partial charge in [-0.25, -0.2) is 4.79 Å². The molecule has 0 unspecified atom stereocenters. The number of rotatable bonds is 8. The van der Waals surface area contributed by atoms with Crippen molar-refractivity contribution < 1.29 is 27.6 Å². The van der Waals surface area contributed by atoms with E-state index in [1.807, 2.05) is 32.0 Å². The maximum Gasteiger partial charge on any atom is 0.416 e. The molecule has 5 rings (SSSR count). The first-order chi connectivity index (χ1) is 20.5. The van der Waals surface area contributed by atoms with Crippen LogP contribution in [-0.4, -0.2) is 70.8 Å². The normalized spacial score (nSPS) is 20.9. The predicted molar refractivity (Wildman–Crippen MR) is 155 cm³/mol. The topological polar surface area (TPSA) is 85.0 Å². The molecule has 8 nitrogen and oxygen atoms in total. The van der Waals surface area contributed by atoms with Crippen LogP contribution in [0.3, 0.4) is 0 Å². The molecule has 3 aliphatic rings. The molecule has 0 saturated carbocycles. The molecule has 1 saturated heterocycles. The molecule has 2 N–H and O–H groups in total. The molecule has 3 aliphatic heterocycles. The van der Waals surface area contributed by atoms with Crippen LogP contribution in [0.25, 0.3) is 0 Å². The minimum Gasteiger partial charge on any atom is -0.351 e. The Morgan fingerprint density at radius 1 is 1.02 bits per heavy atom. The van der Waals surface area contributed by atoms with Crippen molar-refractivity contribution in [3.8, 4) is 0 Å². The lowest BCUT2D eigenvalue weighted by Crippen LogP contribution is -2.55. The van der Waals surface area contributed by atoms with Crippen molar-refractivity contribution in [1.29, 1.82) is 0 Å². The van der Waals surface area contributed by atoms with Gasteiger partial charge in [0.05, 0.1) is 29.4 Å². The summed E-state index contributed by atoms with van der Waals surface area (Å²) in [6.45, 7) is 8.46. The van der Waals surface area contributed by atoms with E-state index in [1.165, 1.54) is 27.5 Å². The molecule has 230 valence electrons. The Bertz CT molecular complexity index is 1370. The first kappa shape index (κ1) is 30.6. The van der Waals surface area contributed by atoms with Crippen LogP contribution in [-0.2, 0) is 22.3 Å². The largest absolute Gasteiger partial charge is 0.416 e. The zero-order valence-corrected chi connectivity index (χ0v) is 24.7. The smallest absolute Gasteiger partial charge is 0.351 e. The number of carbonyl (C=O) groups is 3. The Morgan fingerprint density at radius 2 is 1.67 bits per heavy atom. The van der Waals surface area contributed by atoms with E-state index in [0.29, 0.717) is 17.8 Å². The van der Waals surface area contributed by atoms with Gasteiger partial charge in [0.15, 0.2) is 0 Å². The van der Waals surface area contributed by atoms with Crippen LogP contribution in [0.1, 0.15) is 56.3 Å². The first-order valence-corrected chi connectivity index (χ1v) is 14.8. The van der Waals surface area contributed by atoms with Gasteiger partial charge in [-0.05, 0) is 48.9 Å². The Morgan fingerprint density at radius 3 is 2.26 bits per heavy atom. The van der Waals surface area contributed by atoms with Gasteiger partial charge in [0.25, 0.3) is 5.91 Å². The zero-order chi connectivity index (χ0) is 30.9. The minimum atomic E-state index is -4.51. The summed E-state index contributed by atoms with van der Waals surface area (Å²) in [5, 5.41) is 5.97. The van der Waals surface area contributed by atoms with Gasteiger partial charge in [-0.1, -0.05) is 56.3 Å². The second kappa shape index (κ2) is 12.4. The Hall–Kier alpha value is -3.86. The lowest BCUT2D eigenvalue weighted by Gasteiger charge is -2.35. The second-order valence-corrected chi connectivity index (χ2v) is 11.8. The van der Waals surface area contributed by atoms with Crippen LogP contribution < -0.4 is 10.6 Å². The Balaban J connectivity index is 1.31. The van der Waals surface area contributed by atoms with E-state index in [0.717, 1.165) is 44.6 Å². The highest BCUT2D eigenvalue weighted by Gasteiger charge is 2.47. The van der Waals surface area contributed by atoms with Gasteiger partial charge < -0.3 is 15.5 Å². The monoisotopic (exact) mass is 597 g/mol. The molecular formula is C32H38F3N5O3. The number of alkyl halides is 3. The summed E-state index contributed by atoms with van der Waals surface area (Å²) >= 11 is 0. The molecule has 2 aromatic rings. The maximum absolute atomic E-state index is 14.0.